The second-order valence-corrected chi connectivity index (χ2v) is 2.38. The highest BCUT2D eigenvalue weighted by molar-refractivity contribution is 5.14. The summed E-state index contributed by atoms with van der Waals surface area (Å²) >= 11 is 0. The molecule has 0 spiro atoms. The first-order valence-corrected chi connectivity index (χ1v) is 3.47. The lowest BCUT2D eigenvalue weighted by Crippen LogP contribution is -1.98. The van der Waals surface area contributed by atoms with Crippen molar-refractivity contribution in [3.05, 3.63) is 29.3 Å². The van der Waals surface area contributed by atoms with Gasteiger partial charge in [-0.1, -0.05) is 6.07 Å². The molecule has 0 saturated heterocycles. The molecule has 3 heteroatoms. The Morgan fingerprint density at radius 1 is 1.55 bits per heavy atom. The highest BCUT2D eigenvalue weighted by Crippen LogP contribution is 2.05. The maximum Gasteiger partial charge on any atom is 0.216 e. The molecular weight excluding hydrogens is 145 g/mol. The molecule has 0 atom stereocenters. The molecule has 0 aromatic carbocycles. The van der Waals surface area contributed by atoms with Gasteiger partial charge in [-0.2, -0.15) is 4.39 Å². The van der Waals surface area contributed by atoms with E-state index < -0.39 is 5.95 Å². The van der Waals surface area contributed by atoms with Gasteiger partial charge in [-0.3, -0.25) is 0 Å². The zero-order chi connectivity index (χ0) is 8.27. The standard InChI is InChI=1S/C8H10FNO/c1-6-2-3-7(4-5-11)8(9)10-6/h2-3,11H,4-5H2,1H3. The summed E-state index contributed by atoms with van der Waals surface area (Å²) in [4.78, 5) is 3.61. The van der Waals surface area contributed by atoms with Crippen LogP contribution in [-0.2, 0) is 6.42 Å². The molecule has 1 N–H and O–H groups in total. The monoisotopic (exact) mass is 155 g/mol. The Hall–Kier alpha value is -0.960. The minimum Gasteiger partial charge on any atom is -0.396 e. The molecule has 0 amide bonds. The number of pyridine rings is 1. The van der Waals surface area contributed by atoms with Crippen LogP contribution in [0, 0.1) is 12.9 Å². The summed E-state index contributed by atoms with van der Waals surface area (Å²) < 4.78 is 12.8. The van der Waals surface area contributed by atoms with E-state index in [1.807, 2.05) is 0 Å². The first-order chi connectivity index (χ1) is 5.24. The zero-order valence-electron chi connectivity index (χ0n) is 6.34. The molecule has 1 aromatic rings. The van der Waals surface area contributed by atoms with E-state index in [4.69, 9.17) is 5.11 Å². The van der Waals surface area contributed by atoms with Crippen LogP contribution in [0.3, 0.4) is 0 Å². The third-order valence-corrected chi connectivity index (χ3v) is 1.45. The van der Waals surface area contributed by atoms with Crippen LogP contribution in [-0.4, -0.2) is 16.7 Å². The van der Waals surface area contributed by atoms with Crippen molar-refractivity contribution in [1.29, 1.82) is 0 Å². The summed E-state index contributed by atoms with van der Waals surface area (Å²) in [6.07, 6.45) is 0.332. The molecule has 0 aliphatic heterocycles. The average molecular weight is 155 g/mol. The number of aryl methyl sites for hydroxylation is 1. The van der Waals surface area contributed by atoms with E-state index in [2.05, 4.69) is 4.98 Å². The van der Waals surface area contributed by atoms with Crippen molar-refractivity contribution in [1.82, 2.24) is 4.98 Å². The zero-order valence-corrected chi connectivity index (χ0v) is 6.34. The highest BCUT2D eigenvalue weighted by atomic mass is 19.1. The lowest BCUT2D eigenvalue weighted by atomic mass is 10.2. The number of nitrogens with zero attached hydrogens (tertiary/aromatic N) is 1. The third-order valence-electron chi connectivity index (χ3n) is 1.45. The molecule has 0 unspecified atom stereocenters. The van der Waals surface area contributed by atoms with Gasteiger partial charge in [0.1, 0.15) is 0 Å². The fourth-order valence-electron chi connectivity index (χ4n) is 0.861. The topological polar surface area (TPSA) is 33.1 Å². The smallest absolute Gasteiger partial charge is 0.216 e. The molecule has 0 saturated carbocycles. The maximum absolute atomic E-state index is 12.8. The summed E-state index contributed by atoms with van der Waals surface area (Å²) in [5.41, 5.74) is 1.13. The van der Waals surface area contributed by atoms with Crippen molar-refractivity contribution in [2.24, 2.45) is 0 Å². The second-order valence-electron chi connectivity index (χ2n) is 2.38. The Bertz CT molecular complexity index is 250. The van der Waals surface area contributed by atoms with Crippen LogP contribution in [0.1, 0.15) is 11.3 Å². The van der Waals surface area contributed by atoms with Crippen molar-refractivity contribution in [3.8, 4) is 0 Å². The number of aliphatic hydroxyl groups excluding tert-OH is 1. The normalized spacial score (nSPS) is 10.1. The first kappa shape index (κ1) is 8.14. The van der Waals surface area contributed by atoms with E-state index in [9.17, 15) is 4.39 Å². The van der Waals surface area contributed by atoms with Crippen LogP contribution in [0.15, 0.2) is 12.1 Å². The predicted molar refractivity (Wildman–Crippen MR) is 39.7 cm³/mol. The van der Waals surface area contributed by atoms with Crippen LogP contribution in [0.2, 0.25) is 0 Å². The lowest BCUT2D eigenvalue weighted by molar-refractivity contribution is 0.297. The van der Waals surface area contributed by atoms with Crippen LogP contribution in [0.25, 0.3) is 0 Å². The van der Waals surface area contributed by atoms with E-state index in [1.54, 1.807) is 19.1 Å². The van der Waals surface area contributed by atoms with E-state index in [1.165, 1.54) is 0 Å². The van der Waals surface area contributed by atoms with Crippen LogP contribution in [0.5, 0.6) is 0 Å². The Morgan fingerprint density at radius 3 is 2.82 bits per heavy atom. The Balaban J connectivity index is 2.90. The number of rotatable bonds is 2. The number of hydrogen-bond acceptors (Lipinski definition) is 2. The quantitative estimate of drug-likeness (QED) is 0.648. The summed E-state index contributed by atoms with van der Waals surface area (Å²) in [6.45, 7) is 1.69. The maximum atomic E-state index is 12.8. The lowest BCUT2D eigenvalue weighted by Gasteiger charge is -1.99. The first-order valence-electron chi connectivity index (χ1n) is 3.47. The van der Waals surface area contributed by atoms with Gasteiger partial charge in [-0.15, -0.1) is 0 Å². The number of aliphatic hydroxyl groups is 1. The number of hydrogen-bond donors (Lipinski definition) is 1. The van der Waals surface area contributed by atoms with Crippen molar-refractivity contribution in [2.75, 3.05) is 6.61 Å². The number of halogens is 1. The molecule has 0 bridgehead atoms. The van der Waals surface area contributed by atoms with Crippen molar-refractivity contribution in [2.45, 2.75) is 13.3 Å². The minimum atomic E-state index is -0.473. The molecule has 11 heavy (non-hydrogen) atoms. The molecular formula is C8H10FNO. The van der Waals surface area contributed by atoms with Crippen molar-refractivity contribution in [3.63, 3.8) is 0 Å². The molecule has 0 radical (unpaired) electrons. The Morgan fingerprint density at radius 2 is 2.27 bits per heavy atom. The van der Waals surface area contributed by atoms with Gasteiger partial charge in [0.2, 0.25) is 5.95 Å². The summed E-state index contributed by atoms with van der Waals surface area (Å²) in [6, 6.07) is 3.38. The third kappa shape index (κ3) is 1.98. The van der Waals surface area contributed by atoms with Crippen LogP contribution >= 0.6 is 0 Å². The van der Waals surface area contributed by atoms with Gasteiger partial charge in [0, 0.05) is 17.9 Å². The summed E-state index contributed by atoms with van der Waals surface area (Å²) in [5.74, 6) is -0.473. The SMILES string of the molecule is Cc1ccc(CCO)c(F)n1. The van der Waals surface area contributed by atoms with Gasteiger partial charge < -0.3 is 5.11 Å². The molecule has 1 heterocycles. The fraction of sp³-hybridized carbons (Fsp3) is 0.375. The average Bonchev–Trinajstić information content (AvgIpc) is 1.95. The second kappa shape index (κ2) is 3.44. The number of aromatic nitrogens is 1. The molecule has 1 aromatic heterocycles. The minimum absolute atomic E-state index is 0.0400. The van der Waals surface area contributed by atoms with E-state index in [-0.39, 0.29) is 6.61 Å². The van der Waals surface area contributed by atoms with Crippen LogP contribution < -0.4 is 0 Å². The van der Waals surface area contributed by atoms with Gasteiger partial charge >= 0.3 is 0 Å². The van der Waals surface area contributed by atoms with E-state index in [0.29, 0.717) is 17.7 Å². The molecule has 0 aliphatic rings. The predicted octanol–water partition coefficient (Wildman–Crippen LogP) is 1.06. The molecule has 0 aliphatic carbocycles. The van der Waals surface area contributed by atoms with Crippen molar-refractivity contribution >= 4 is 0 Å². The molecule has 0 fully saturated rings. The van der Waals surface area contributed by atoms with E-state index in [0.717, 1.165) is 0 Å². The Labute approximate surface area is 64.7 Å². The molecule has 1 rings (SSSR count). The highest BCUT2D eigenvalue weighted by Gasteiger charge is 2.01. The Kier molecular flexibility index (Phi) is 2.54. The fourth-order valence-corrected chi connectivity index (χ4v) is 0.861. The largest absolute Gasteiger partial charge is 0.396 e. The van der Waals surface area contributed by atoms with Crippen LogP contribution in [0.4, 0.5) is 4.39 Å². The molecule has 2 nitrogen and oxygen atoms in total. The van der Waals surface area contributed by atoms with Gasteiger partial charge in [0.05, 0.1) is 0 Å². The summed E-state index contributed by atoms with van der Waals surface area (Å²) in [5, 5.41) is 8.52. The van der Waals surface area contributed by atoms with Gasteiger partial charge in [0.25, 0.3) is 0 Å². The van der Waals surface area contributed by atoms with Gasteiger partial charge in [-0.25, -0.2) is 4.98 Å². The summed E-state index contributed by atoms with van der Waals surface area (Å²) in [7, 11) is 0. The van der Waals surface area contributed by atoms with Gasteiger partial charge in [-0.05, 0) is 19.4 Å². The molecule has 60 valence electrons. The van der Waals surface area contributed by atoms with E-state index >= 15 is 0 Å². The van der Waals surface area contributed by atoms with Gasteiger partial charge in [0.15, 0.2) is 0 Å². The van der Waals surface area contributed by atoms with Crippen molar-refractivity contribution < 1.29 is 9.50 Å².